The van der Waals surface area contributed by atoms with Crippen molar-refractivity contribution in [3.8, 4) is 11.5 Å². The fourth-order valence-corrected chi connectivity index (χ4v) is 5.54. The topological polar surface area (TPSA) is 58.9 Å². The van der Waals surface area contributed by atoms with Crippen molar-refractivity contribution in [1.29, 1.82) is 0 Å². The van der Waals surface area contributed by atoms with E-state index in [9.17, 15) is 10.2 Å². The number of rotatable bonds is 4. The first kappa shape index (κ1) is 22.8. The normalized spacial score (nSPS) is 20.9. The number of fused-ring (bicyclic) bond motifs is 2. The Morgan fingerprint density at radius 2 is 0.912 bits per heavy atom. The second-order valence-corrected chi connectivity index (χ2v) is 9.02. The first-order chi connectivity index (χ1) is 16.3. The van der Waals surface area contributed by atoms with Crippen LogP contribution in [-0.2, 0) is 11.2 Å². The maximum Gasteiger partial charge on any atom is 0.142 e. The lowest BCUT2D eigenvalue weighted by atomic mass is 9.63. The van der Waals surface area contributed by atoms with Gasteiger partial charge in [0.15, 0.2) is 0 Å². The number of halogens is 2. The Labute approximate surface area is 207 Å². The second kappa shape index (κ2) is 8.33. The molecule has 5 rings (SSSR count). The summed E-state index contributed by atoms with van der Waals surface area (Å²) >= 11 is 13.5. The molecule has 0 saturated heterocycles. The molecule has 0 aliphatic heterocycles. The molecule has 34 heavy (non-hydrogen) atoms. The minimum absolute atomic E-state index is 0.327. The van der Waals surface area contributed by atoms with Crippen LogP contribution >= 0.6 is 23.2 Å². The van der Waals surface area contributed by atoms with E-state index in [-0.39, 0.29) is 0 Å². The van der Waals surface area contributed by atoms with Gasteiger partial charge in [-0.2, -0.15) is 0 Å². The first-order valence-corrected chi connectivity index (χ1v) is 11.4. The summed E-state index contributed by atoms with van der Waals surface area (Å²) in [6.07, 6.45) is 0. The molecule has 4 aromatic carbocycles. The molecule has 2 atom stereocenters. The third-order valence-corrected chi connectivity index (χ3v) is 7.18. The van der Waals surface area contributed by atoms with Gasteiger partial charge in [0.25, 0.3) is 0 Å². The highest BCUT2D eigenvalue weighted by atomic mass is 35.5. The molecule has 4 nitrogen and oxygen atoms in total. The summed E-state index contributed by atoms with van der Waals surface area (Å²) < 4.78 is 10.6. The summed E-state index contributed by atoms with van der Waals surface area (Å²) in [4.78, 5) is 0. The molecule has 0 heterocycles. The molecule has 0 bridgehead atoms. The number of hydrogen-bond acceptors (Lipinski definition) is 4. The van der Waals surface area contributed by atoms with E-state index in [1.165, 1.54) is 0 Å². The average molecular weight is 493 g/mol. The summed E-state index contributed by atoms with van der Waals surface area (Å²) in [7, 11) is 3.17. The highest BCUT2D eigenvalue weighted by Crippen LogP contribution is 2.56. The van der Waals surface area contributed by atoms with E-state index in [1.54, 1.807) is 99.1 Å². The van der Waals surface area contributed by atoms with E-state index in [2.05, 4.69) is 0 Å². The van der Waals surface area contributed by atoms with Gasteiger partial charge in [-0.25, -0.2) is 0 Å². The van der Waals surface area contributed by atoms with Crippen LogP contribution in [0.1, 0.15) is 33.4 Å². The smallest absolute Gasteiger partial charge is 0.142 e. The lowest BCUT2D eigenvalue weighted by Crippen LogP contribution is -2.44. The molecule has 2 unspecified atom stereocenters. The van der Waals surface area contributed by atoms with Gasteiger partial charge in [-0.3, -0.25) is 0 Å². The minimum Gasteiger partial charge on any atom is -0.497 e. The van der Waals surface area contributed by atoms with Crippen molar-refractivity contribution >= 4 is 23.2 Å². The molecule has 4 aromatic rings. The Kier molecular flexibility index (Phi) is 5.58. The largest absolute Gasteiger partial charge is 0.497 e. The predicted octanol–water partition coefficient (Wildman–Crippen LogP) is 5.89. The van der Waals surface area contributed by atoms with Crippen LogP contribution in [0.15, 0.2) is 84.9 Å². The van der Waals surface area contributed by atoms with E-state index in [1.807, 2.05) is 0 Å². The zero-order valence-corrected chi connectivity index (χ0v) is 20.1. The van der Waals surface area contributed by atoms with Crippen LogP contribution in [0.25, 0.3) is 0 Å². The maximum absolute atomic E-state index is 12.5. The highest BCUT2D eigenvalue weighted by Gasteiger charge is 2.53. The minimum atomic E-state index is -1.67. The van der Waals surface area contributed by atoms with E-state index in [0.29, 0.717) is 54.9 Å². The van der Waals surface area contributed by atoms with Crippen LogP contribution in [0.3, 0.4) is 0 Å². The van der Waals surface area contributed by atoms with Gasteiger partial charge in [-0.15, -0.1) is 0 Å². The van der Waals surface area contributed by atoms with Crippen LogP contribution in [-0.4, -0.2) is 24.4 Å². The van der Waals surface area contributed by atoms with Crippen molar-refractivity contribution < 1.29 is 19.7 Å². The fourth-order valence-electron chi connectivity index (χ4n) is 4.92. The highest BCUT2D eigenvalue weighted by molar-refractivity contribution is 6.32. The van der Waals surface area contributed by atoms with Crippen molar-refractivity contribution in [2.45, 2.75) is 11.2 Å². The van der Waals surface area contributed by atoms with Crippen molar-refractivity contribution in [2.75, 3.05) is 14.2 Å². The molecule has 1 aliphatic carbocycles. The second-order valence-electron chi connectivity index (χ2n) is 8.20. The molecular weight excluding hydrogens is 471 g/mol. The molecule has 6 heteroatoms. The van der Waals surface area contributed by atoms with E-state index in [0.717, 1.165) is 0 Å². The molecule has 1 aliphatic rings. The zero-order valence-electron chi connectivity index (χ0n) is 18.5. The Morgan fingerprint density at radius 1 is 0.559 bits per heavy atom. The summed E-state index contributed by atoms with van der Waals surface area (Å²) in [6, 6.07) is 24.7. The fraction of sp³-hybridized carbons (Fsp3) is 0.143. The molecule has 0 fully saturated rings. The number of benzene rings is 4. The van der Waals surface area contributed by atoms with Gasteiger partial charge in [0.05, 0.1) is 14.2 Å². The summed E-state index contributed by atoms with van der Waals surface area (Å²) in [5, 5.41) is 25.6. The Bertz CT molecular complexity index is 1260. The number of hydrogen-bond donors (Lipinski definition) is 2. The quantitative estimate of drug-likeness (QED) is 0.372. The number of methoxy groups -OCH3 is 2. The standard InChI is InChI=1S/C28H22Cl2O4/c1-33-19-13-9-17(10-14-19)27(31)21-5-3-8-24(30)26(21)28(32,18-11-15-20(34-2)16-12-18)22-6-4-7-23(29)25(22)27/h3-16,31-32H,1-2H3. The Hall–Kier alpha value is -3.02. The summed E-state index contributed by atoms with van der Waals surface area (Å²) in [6.45, 7) is 0. The molecular formula is C28H22Cl2O4. The molecule has 0 radical (unpaired) electrons. The maximum atomic E-state index is 12.5. The molecule has 0 aromatic heterocycles. The summed E-state index contributed by atoms with van der Waals surface area (Å²) in [5.74, 6) is 1.31. The van der Waals surface area contributed by atoms with Crippen LogP contribution in [0, 0.1) is 0 Å². The molecule has 0 amide bonds. The van der Waals surface area contributed by atoms with E-state index >= 15 is 0 Å². The lowest BCUT2D eigenvalue weighted by molar-refractivity contribution is 0.0749. The van der Waals surface area contributed by atoms with Gasteiger partial charge in [-0.1, -0.05) is 71.7 Å². The lowest BCUT2D eigenvalue weighted by Gasteiger charge is -2.46. The molecule has 2 N–H and O–H groups in total. The zero-order chi connectivity index (χ0) is 24.1. The third kappa shape index (κ3) is 3.14. The van der Waals surface area contributed by atoms with Gasteiger partial charge >= 0.3 is 0 Å². The molecule has 0 saturated carbocycles. The van der Waals surface area contributed by atoms with E-state index < -0.39 is 11.2 Å². The Balaban J connectivity index is 1.89. The number of ether oxygens (including phenoxy) is 2. The predicted molar refractivity (Wildman–Crippen MR) is 133 cm³/mol. The van der Waals surface area contributed by atoms with Crippen molar-refractivity contribution in [3.63, 3.8) is 0 Å². The Morgan fingerprint density at radius 3 is 1.24 bits per heavy atom. The third-order valence-electron chi connectivity index (χ3n) is 6.55. The van der Waals surface area contributed by atoms with Gasteiger partial charge in [0.2, 0.25) is 0 Å². The SMILES string of the molecule is COc1ccc(C2(O)c3cccc(Cl)c3C(O)(c3ccc(OC)cc3)c3cccc(Cl)c32)cc1. The first-order valence-electron chi connectivity index (χ1n) is 10.7. The monoisotopic (exact) mass is 492 g/mol. The van der Waals surface area contributed by atoms with Crippen LogP contribution in [0.4, 0.5) is 0 Å². The van der Waals surface area contributed by atoms with Crippen molar-refractivity contribution in [2.24, 2.45) is 0 Å². The van der Waals surface area contributed by atoms with Gasteiger partial charge in [0.1, 0.15) is 22.7 Å². The van der Waals surface area contributed by atoms with Crippen molar-refractivity contribution in [1.82, 2.24) is 0 Å². The van der Waals surface area contributed by atoms with Crippen molar-refractivity contribution in [3.05, 3.63) is 128 Å². The van der Waals surface area contributed by atoms with Crippen LogP contribution in [0.5, 0.6) is 11.5 Å². The average Bonchev–Trinajstić information content (AvgIpc) is 2.87. The van der Waals surface area contributed by atoms with Crippen LogP contribution in [0.2, 0.25) is 10.0 Å². The number of aliphatic hydroxyl groups is 2. The summed E-state index contributed by atoms with van der Waals surface area (Å²) in [5.41, 5.74) is -0.499. The van der Waals surface area contributed by atoms with Crippen LogP contribution < -0.4 is 9.47 Å². The molecule has 172 valence electrons. The van der Waals surface area contributed by atoms with E-state index in [4.69, 9.17) is 32.7 Å². The van der Waals surface area contributed by atoms with Gasteiger partial charge < -0.3 is 19.7 Å². The van der Waals surface area contributed by atoms with Gasteiger partial charge in [0, 0.05) is 32.3 Å². The van der Waals surface area contributed by atoms with Gasteiger partial charge in [-0.05, 0) is 47.5 Å². The molecule has 0 spiro atoms.